The van der Waals surface area contributed by atoms with Gasteiger partial charge in [-0.15, -0.1) is 0 Å². The summed E-state index contributed by atoms with van der Waals surface area (Å²) in [5.74, 6) is -1.33. The number of imidazole rings is 4. The summed E-state index contributed by atoms with van der Waals surface area (Å²) in [7, 11) is 7.92. The van der Waals surface area contributed by atoms with Crippen LogP contribution in [0.4, 0.5) is 41.2 Å². The number of halogens is 3. The summed E-state index contributed by atoms with van der Waals surface area (Å²) < 4.78 is 106. The van der Waals surface area contributed by atoms with Crippen molar-refractivity contribution in [1.29, 1.82) is 0 Å². The van der Waals surface area contributed by atoms with E-state index >= 15 is 0 Å². The number of aromatic amines is 2. The Morgan fingerprint density at radius 2 is 0.793 bits per heavy atom. The second kappa shape index (κ2) is 47.0. The summed E-state index contributed by atoms with van der Waals surface area (Å²) in [4.78, 5) is 104. The van der Waals surface area contributed by atoms with Gasteiger partial charge in [0.15, 0.2) is 51.4 Å². The second-order valence-electron chi connectivity index (χ2n) is 33.1. The number of aromatic nitrogens is 16. The third-order valence-electron chi connectivity index (χ3n) is 23.0. The van der Waals surface area contributed by atoms with Crippen LogP contribution in [-0.2, 0) is 82.6 Å². The molecule has 39 nitrogen and oxygen atoms in total. The van der Waals surface area contributed by atoms with Crippen LogP contribution in [0.5, 0.6) is 35.8 Å². The molecule has 0 saturated carbocycles. The number of H-pyrrole nitrogens is 2. The number of piperidine rings is 2. The molecule has 17 rings (SSSR count). The van der Waals surface area contributed by atoms with Gasteiger partial charge in [0.1, 0.15) is 54.9 Å². The van der Waals surface area contributed by atoms with Crippen LogP contribution in [-0.4, -0.2) is 263 Å². The Morgan fingerprint density at radius 3 is 1.22 bits per heavy atom. The minimum Gasteiger partial charge on any atom is -0.497 e. The standard InChI is InChI=1S/C28H34N6O4.C23H30N6O5.C21H26F2N6O3.C21H27FN6O3/c1-36-14-15-38-27-30-25(29)24-26(31-27)34(28(35)33(24)18-20-8-10-23(37-2)11-9-20)19-22-7-5-6-21(16-22)17-32-12-3-4-13-32;1-3-32-23(30)34-22-25-18-19(24)26-21(33-12-11-31-2)27-20(18)29(22)15-17-8-6-7-16(13-17)14-28-9-4-5-10-28;1-31-8-9-32-19-26-17(24)16-18(27-19)29(20(30)25-16)12-15-5-2-4-14(10-15)11-28-7-3-6-21(22,23)13-28;1-30-9-10-31-20-25-18(23)17-19(26-20)28(21(29)24-17)13-15-4-2-3-14(11-15)12-27-7-5-16(22)6-8-27/h5-11,16H,3-4,12-15,17-19H2,1-2H3,(H2,29,30,31);6-8,13H,3-5,9-12,14-15H2,1-2H3,(H2,24,26,27);2,4-5,10H,3,6-9,11-13H2,1H3,(H,25,30)(H2,24,26,27);2-4,11,16H,5-10,12-13H2,1H3,(H,24,29)(H2,23,25,26). The number of carbonyl (C=O) groups is 1. The van der Waals surface area contributed by atoms with Gasteiger partial charge in [0.25, 0.3) is 5.92 Å². The average Bonchev–Trinajstić information content (AvgIpc) is 1.51. The highest BCUT2D eigenvalue weighted by molar-refractivity contribution is 5.85. The van der Waals surface area contributed by atoms with Crippen LogP contribution in [0.2, 0.25) is 0 Å². The predicted octanol–water partition coefficient (Wildman–Crippen LogP) is 9.23. The fraction of sp³-hybridized carbons (Fsp3) is 0.452. The molecule has 0 aliphatic carbocycles. The van der Waals surface area contributed by atoms with Crippen molar-refractivity contribution in [3.8, 4) is 35.8 Å². The van der Waals surface area contributed by atoms with E-state index in [0.29, 0.717) is 130 Å². The molecule has 0 spiro atoms. The first-order valence-electron chi connectivity index (χ1n) is 45.0. The number of benzene rings is 5. The average molecular weight is 1870 g/mol. The zero-order valence-electron chi connectivity index (χ0n) is 76.8. The molecule has 10 N–H and O–H groups in total. The lowest BCUT2D eigenvalue weighted by molar-refractivity contribution is -0.0661. The van der Waals surface area contributed by atoms with Crippen molar-refractivity contribution in [2.45, 2.75) is 129 Å². The molecule has 4 saturated heterocycles. The van der Waals surface area contributed by atoms with E-state index < -0.39 is 18.2 Å². The predicted molar refractivity (Wildman–Crippen MR) is 500 cm³/mol. The van der Waals surface area contributed by atoms with Crippen LogP contribution in [0, 0.1) is 0 Å². The maximum Gasteiger partial charge on any atom is 0.516 e. The minimum absolute atomic E-state index is 0.0217. The molecule has 13 aromatic rings. The SMILES string of the molecule is CCOC(=O)Oc1nc2c(N)nc(OCCOC)nc2n1Cc1cccc(CN2CCCC2)c1.COCCOc1nc(N)c2[nH]c(=O)n(Cc3cccc(CN4CCC(F)CC4)c3)c2n1.COCCOc1nc(N)c2[nH]c(=O)n(Cc3cccc(CN4CCCC(F)(F)C4)c3)c2n1.COCCOc1nc(N)c2c(n1)n(Cc1cccc(CN3CCCC3)c1)c(=O)n2Cc1ccc(OC)cc1. The third-order valence-corrected chi connectivity index (χ3v) is 23.0. The van der Waals surface area contributed by atoms with Crippen LogP contribution in [0.25, 0.3) is 44.7 Å². The lowest BCUT2D eigenvalue weighted by atomic mass is 10.1. The molecule has 135 heavy (non-hydrogen) atoms. The fourth-order valence-electron chi connectivity index (χ4n) is 16.5. The monoisotopic (exact) mass is 1870 g/mol. The highest BCUT2D eigenvalue weighted by Gasteiger charge is 2.35. The number of nitrogens with one attached hydrogen (secondary N) is 2. The van der Waals surface area contributed by atoms with E-state index in [4.69, 9.17) is 75.0 Å². The number of carbonyl (C=O) groups excluding carboxylic acids is 1. The summed E-state index contributed by atoms with van der Waals surface area (Å²) in [5, 5.41) is 0. The molecule has 0 atom stereocenters. The highest BCUT2D eigenvalue weighted by atomic mass is 19.3. The van der Waals surface area contributed by atoms with Crippen LogP contribution in [0.15, 0.2) is 136 Å². The van der Waals surface area contributed by atoms with Crippen LogP contribution in [0.3, 0.4) is 0 Å². The molecular formula is C93H117F3N24O15. The molecule has 12 heterocycles. The Hall–Kier alpha value is -13.4. The number of nitrogens with zero attached hydrogens (tertiary/aromatic N) is 18. The molecule has 0 radical (unpaired) electrons. The molecule has 8 aromatic heterocycles. The van der Waals surface area contributed by atoms with Gasteiger partial charge in [-0.1, -0.05) is 109 Å². The fourth-order valence-corrected chi connectivity index (χ4v) is 16.5. The van der Waals surface area contributed by atoms with E-state index in [0.717, 1.165) is 104 Å². The third kappa shape index (κ3) is 26.4. The largest absolute Gasteiger partial charge is 0.516 e. The van der Waals surface area contributed by atoms with Crippen LogP contribution >= 0.6 is 0 Å². The molecule has 720 valence electrons. The quantitative estimate of drug-likeness (QED) is 0.0156. The van der Waals surface area contributed by atoms with E-state index in [2.05, 4.69) is 99.9 Å². The number of hydrogen-bond donors (Lipinski definition) is 6. The summed E-state index contributed by atoms with van der Waals surface area (Å²) in [6, 6.07) is 40.2. The number of nitrogen functional groups attached to an aromatic ring is 4. The van der Waals surface area contributed by atoms with E-state index in [9.17, 15) is 32.3 Å². The number of nitrogens with two attached hydrogens (primary N) is 4. The van der Waals surface area contributed by atoms with Crippen molar-refractivity contribution >= 4 is 74.1 Å². The van der Waals surface area contributed by atoms with Crippen molar-refractivity contribution in [2.75, 3.05) is 170 Å². The molecular weight excluding hydrogens is 1750 g/mol. The number of ether oxygens (including phenoxy) is 11. The lowest BCUT2D eigenvalue weighted by Crippen LogP contribution is -2.42. The van der Waals surface area contributed by atoms with Gasteiger partial charge >= 0.3 is 53.3 Å². The number of anilines is 4. The molecule has 4 aliphatic rings. The number of fused-ring (bicyclic) bond motifs is 4. The minimum atomic E-state index is -2.64. The Morgan fingerprint density at radius 1 is 0.415 bits per heavy atom. The summed E-state index contributed by atoms with van der Waals surface area (Å²) in [6.45, 7) is 15.5. The molecule has 4 aliphatic heterocycles. The van der Waals surface area contributed by atoms with Crippen molar-refractivity contribution in [1.82, 2.24) is 97.3 Å². The zero-order valence-corrected chi connectivity index (χ0v) is 76.8. The van der Waals surface area contributed by atoms with E-state index in [1.165, 1.54) is 45.9 Å². The zero-order chi connectivity index (χ0) is 94.9. The normalized spacial score (nSPS) is 14.9. The number of likely N-dealkylation sites (tertiary alicyclic amines) is 4. The van der Waals surface area contributed by atoms with Crippen LogP contribution in [0.1, 0.15) is 108 Å². The molecule has 5 aromatic carbocycles. The Labute approximate surface area is 776 Å². The first-order valence-corrected chi connectivity index (χ1v) is 45.0. The molecule has 0 amide bonds. The van der Waals surface area contributed by atoms with Gasteiger partial charge in [-0.25, -0.2) is 32.3 Å². The summed E-state index contributed by atoms with van der Waals surface area (Å²) in [6.07, 6.45) is 5.02. The van der Waals surface area contributed by atoms with Crippen molar-refractivity contribution in [3.05, 3.63) is 203 Å². The van der Waals surface area contributed by atoms with Gasteiger partial charge in [0.05, 0.1) is 79.4 Å². The summed E-state index contributed by atoms with van der Waals surface area (Å²) in [5.41, 5.74) is 35.9. The molecule has 0 bridgehead atoms. The molecule has 42 heteroatoms. The van der Waals surface area contributed by atoms with Gasteiger partial charge in [-0.2, -0.15) is 44.9 Å². The number of methoxy groups -OCH3 is 5. The van der Waals surface area contributed by atoms with Gasteiger partial charge in [0, 0.05) is 74.1 Å². The Bertz CT molecular complexity index is 6310. The van der Waals surface area contributed by atoms with Crippen molar-refractivity contribution < 1.29 is 70.1 Å². The maximum absolute atomic E-state index is 13.8. The number of hydrogen-bond acceptors (Lipinski definition) is 32. The van der Waals surface area contributed by atoms with Crippen molar-refractivity contribution in [3.63, 3.8) is 0 Å². The molecule has 4 fully saturated rings. The van der Waals surface area contributed by atoms with Gasteiger partial charge in [-0.3, -0.25) is 42.4 Å². The summed E-state index contributed by atoms with van der Waals surface area (Å²) >= 11 is 0. The number of rotatable bonds is 37. The first kappa shape index (κ1) is 97.7. The van der Waals surface area contributed by atoms with Gasteiger partial charge in [-0.05, 0) is 147 Å². The van der Waals surface area contributed by atoms with E-state index in [-0.39, 0.29) is 123 Å². The van der Waals surface area contributed by atoms with Gasteiger partial charge in [0.2, 0.25) is 0 Å². The topological polar surface area (TPSA) is 459 Å². The highest BCUT2D eigenvalue weighted by Crippen LogP contribution is 2.32. The van der Waals surface area contributed by atoms with Gasteiger partial charge < -0.3 is 85.0 Å². The van der Waals surface area contributed by atoms with E-state index in [1.807, 2.05) is 91.0 Å². The molecule has 0 unspecified atom stereocenters. The number of alkyl halides is 3. The van der Waals surface area contributed by atoms with Crippen LogP contribution < -0.4 is 68.4 Å². The Kier molecular flexibility index (Phi) is 34.0. The smallest absolute Gasteiger partial charge is 0.497 e. The lowest BCUT2D eigenvalue weighted by Gasteiger charge is -2.32. The van der Waals surface area contributed by atoms with E-state index in [1.54, 1.807) is 61.1 Å². The maximum atomic E-state index is 13.8. The Balaban J connectivity index is 0.000000145. The van der Waals surface area contributed by atoms with Crippen molar-refractivity contribution in [2.24, 2.45) is 0 Å². The second-order valence-corrected chi connectivity index (χ2v) is 33.1. The first-order chi connectivity index (χ1) is 65.5.